The van der Waals surface area contributed by atoms with Crippen molar-refractivity contribution in [2.45, 2.75) is 0 Å². The second-order valence-electron chi connectivity index (χ2n) is 2.54. The third-order valence-corrected chi connectivity index (χ3v) is 1.68. The van der Waals surface area contributed by atoms with Crippen molar-refractivity contribution >= 4 is 18.1 Å². The molecule has 4 heteroatoms. The molecule has 0 radical (unpaired) electrons. The van der Waals surface area contributed by atoms with Gasteiger partial charge in [-0.3, -0.25) is 0 Å². The fourth-order valence-corrected chi connectivity index (χ4v) is 1.02. The van der Waals surface area contributed by atoms with Crippen molar-refractivity contribution in [1.82, 2.24) is 4.98 Å². The van der Waals surface area contributed by atoms with Crippen molar-refractivity contribution in [3.8, 4) is 5.75 Å². The Labute approximate surface area is 80.8 Å². The van der Waals surface area contributed by atoms with Gasteiger partial charge in [-0.05, 0) is 12.1 Å². The minimum absolute atomic E-state index is 0.377. The number of carboxylic acids is 1. The zero-order valence-electron chi connectivity index (χ0n) is 7.40. The summed E-state index contributed by atoms with van der Waals surface area (Å²) in [5.41, 5.74) is 0.545. The molecule has 1 heterocycles. The van der Waals surface area contributed by atoms with Gasteiger partial charge in [0, 0.05) is 5.56 Å². The van der Waals surface area contributed by atoms with E-state index in [0.29, 0.717) is 11.3 Å². The maximum Gasteiger partial charge on any atom is 0.358 e. The Bertz CT molecular complexity index is 410. The smallest absolute Gasteiger partial charge is 0.358 e. The Balaban J connectivity index is 3.44. The Morgan fingerprint density at radius 2 is 2.07 bits per heavy atom. The van der Waals surface area contributed by atoms with Crippen LogP contribution >= 0.6 is 0 Å². The summed E-state index contributed by atoms with van der Waals surface area (Å²) in [6.45, 7) is 6.99. The minimum Gasteiger partial charge on any atom is -0.505 e. The van der Waals surface area contributed by atoms with Crippen LogP contribution in [0.3, 0.4) is 0 Å². The minimum atomic E-state index is -1.28. The summed E-state index contributed by atoms with van der Waals surface area (Å²) in [6, 6.07) is 1.29. The molecule has 0 spiro atoms. The van der Waals surface area contributed by atoms with Gasteiger partial charge >= 0.3 is 5.97 Å². The third kappa shape index (κ3) is 1.64. The first-order valence-corrected chi connectivity index (χ1v) is 3.82. The SMILES string of the molecule is C=Cc1cc(O)c(C(=O)O)nc1C=C. The second kappa shape index (κ2) is 3.74. The first-order chi connectivity index (χ1) is 6.60. The molecule has 0 fully saturated rings. The van der Waals surface area contributed by atoms with E-state index in [1.54, 1.807) is 0 Å². The summed E-state index contributed by atoms with van der Waals surface area (Å²) in [7, 11) is 0. The van der Waals surface area contributed by atoms with E-state index < -0.39 is 5.97 Å². The van der Waals surface area contributed by atoms with Crippen molar-refractivity contribution in [2.24, 2.45) is 0 Å². The molecule has 0 aliphatic rings. The summed E-state index contributed by atoms with van der Waals surface area (Å²) in [5, 5.41) is 18.0. The van der Waals surface area contributed by atoms with Crippen LogP contribution < -0.4 is 0 Å². The molecular weight excluding hydrogens is 182 g/mol. The van der Waals surface area contributed by atoms with Crippen molar-refractivity contribution in [2.75, 3.05) is 0 Å². The largest absolute Gasteiger partial charge is 0.505 e. The molecule has 1 rings (SSSR count). The summed E-state index contributed by atoms with van der Waals surface area (Å²) in [6.07, 6.45) is 2.87. The first kappa shape index (κ1) is 9.98. The molecule has 0 saturated carbocycles. The van der Waals surface area contributed by atoms with E-state index in [4.69, 9.17) is 5.11 Å². The van der Waals surface area contributed by atoms with Gasteiger partial charge in [-0.2, -0.15) is 0 Å². The molecular formula is C10H9NO3. The molecule has 1 aromatic heterocycles. The van der Waals surface area contributed by atoms with Gasteiger partial charge in [0.25, 0.3) is 0 Å². The van der Waals surface area contributed by atoms with E-state index >= 15 is 0 Å². The van der Waals surface area contributed by atoms with Gasteiger partial charge in [-0.1, -0.05) is 19.2 Å². The van der Waals surface area contributed by atoms with E-state index in [9.17, 15) is 9.90 Å². The Morgan fingerprint density at radius 3 is 2.50 bits per heavy atom. The standard InChI is InChI=1S/C10H9NO3/c1-3-6-5-8(12)9(10(13)14)11-7(6)4-2/h3-5,12H,1-2H2,(H,13,14). The first-order valence-electron chi connectivity index (χ1n) is 3.82. The number of hydrogen-bond acceptors (Lipinski definition) is 3. The highest BCUT2D eigenvalue weighted by molar-refractivity contribution is 5.89. The number of carboxylic acid groups (broad SMARTS) is 1. The molecule has 72 valence electrons. The maximum absolute atomic E-state index is 10.6. The molecule has 2 N–H and O–H groups in total. The predicted octanol–water partition coefficient (Wildman–Crippen LogP) is 1.77. The lowest BCUT2D eigenvalue weighted by atomic mass is 10.1. The highest BCUT2D eigenvalue weighted by atomic mass is 16.4. The molecule has 0 saturated heterocycles. The van der Waals surface area contributed by atoms with Crippen molar-refractivity contribution in [3.63, 3.8) is 0 Å². The number of aromatic hydroxyl groups is 1. The fraction of sp³-hybridized carbons (Fsp3) is 0. The number of aromatic carboxylic acids is 1. The monoisotopic (exact) mass is 191 g/mol. The topological polar surface area (TPSA) is 70.4 Å². The van der Waals surface area contributed by atoms with Gasteiger partial charge in [0.1, 0.15) is 5.75 Å². The zero-order valence-corrected chi connectivity index (χ0v) is 7.40. The number of carbonyl (C=O) groups is 1. The molecule has 14 heavy (non-hydrogen) atoms. The molecule has 0 atom stereocenters. The van der Waals surface area contributed by atoms with Crippen LogP contribution in [0.15, 0.2) is 19.2 Å². The lowest BCUT2D eigenvalue weighted by Gasteiger charge is -2.03. The molecule has 0 aliphatic carbocycles. The lowest BCUT2D eigenvalue weighted by molar-refractivity contribution is 0.0687. The molecule has 0 aromatic carbocycles. The Morgan fingerprint density at radius 1 is 1.43 bits per heavy atom. The Hall–Kier alpha value is -2.10. The average Bonchev–Trinajstić information content (AvgIpc) is 2.16. The van der Waals surface area contributed by atoms with Crippen molar-refractivity contribution < 1.29 is 15.0 Å². The predicted molar refractivity (Wildman–Crippen MR) is 53.0 cm³/mol. The van der Waals surface area contributed by atoms with Gasteiger partial charge in [0.2, 0.25) is 0 Å². The number of nitrogens with zero attached hydrogens (tertiary/aromatic N) is 1. The maximum atomic E-state index is 10.6. The highest BCUT2D eigenvalue weighted by Crippen LogP contribution is 2.20. The third-order valence-electron chi connectivity index (χ3n) is 1.68. The molecule has 0 amide bonds. The summed E-state index contributed by atoms with van der Waals surface area (Å²) in [4.78, 5) is 14.3. The molecule has 0 unspecified atom stereocenters. The van der Waals surface area contributed by atoms with Crippen LogP contribution in [0.4, 0.5) is 0 Å². The van der Waals surface area contributed by atoms with E-state index in [-0.39, 0.29) is 11.4 Å². The quantitative estimate of drug-likeness (QED) is 0.763. The van der Waals surface area contributed by atoms with Crippen LogP contribution in [0, 0.1) is 0 Å². The summed E-state index contributed by atoms with van der Waals surface area (Å²) >= 11 is 0. The van der Waals surface area contributed by atoms with Crippen LogP contribution in [0.1, 0.15) is 21.7 Å². The molecule has 0 aliphatic heterocycles. The van der Waals surface area contributed by atoms with Crippen molar-refractivity contribution in [3.05, 3.63) is 36.2 Å². The van der Waals surface area contributed by atoms with Crippen LogP contribution in [0.25, 0.3) is 12.2 Å². The van der Waals surface area contributed by atoms with Crippen LogP contribution in [0.2, 0.25) is 0 Å². The number of hydrogen-bond donors (Lipinski definition) is 2. The van der Waals surface area contributed by atoms with E-state index in [2.05, 4.69) is 18.1 Å². The van der Waals surface area contributed by atoms with Crippen LogP contribution in [-0.4, -0.2) is 21.2 Å². The van der Waals surface area contributed by atoms with Crippen LogP contribution in [-0.2, 0) is 0 Å². The molecule has 4 nitrogen and oxygen atoms in total. The van der Waals surface area contributed by atoms with Gasteiger partial charge in [0.05, 0.1) is 5.69 Å². The summed E-state index contributed by atoms with van der Waals surface area (Å²) in [5.74, 6) is -1.65. The number of aromatic nitrogens is 1. The lowest BCUT2D eigenvalue weighted by Crippen LogP contribution is -2.03. The van der Waals surface area contributed by atoms with Crippen LogP contribution in [0.5, 0.6) is 5.75 Å². The molecule has 1 aromatic rings. The fourth-order valence-electron chi connectivity index (χ4n) is 1.02. The van der Waals surface area contributed by atoms with Gasteiger partial charge in [-0.25, -0.2) is 9.78 Å². The zero-order chi connectivity index (χ0) is 10.7. The number of rotatable bonds is 3. The van der Waals surface area contributed by atoms with Crippen molar-refractivity contribution in [1.29, 1.82) is 0 Å². The average molecular weight is 191 g/mol. The van der Waals surface area contributed by atoms with Gasteiger partial charge in [0.15, 0.2) is 5.69 Å². The van der Waals surface area contributed by atoms with Gasteiger partial charge < -0.3 is 10.2 Å². The van der Waals surface area contributed by atoms with E-state index in [0.717, 1.165) is 0 Å². The Kier molecular flexibility index (Phi) is 2.67. The highest BCUT2D eigenvalue weighted by Gasteiger charge is 2.13. The molecule has 0 bridgehead atoms. The van der Waals surface area contributed by atoms with Gasteiger partial charge in [-0.15, -0.1) is 0 Å². The second-order valence-corrected chi connectivity index (χ2v) is 2.54. The van der Waals surface area contributed by atoms with E-state index in [1.165, 1.54) is 18.2 Å². The summed E-state index contributed by atoms with van der Waals surface area (Å²) < 4.78 is 0. The van der Waals surface area contributed by atoms with E-state index in [1.807, 2.05) is 0 Å². The number of pyridine rings is 1. The normalized spacial score (nSPS) is 9.43.